The van der Waals surface area contributed by atoms with E-state index >= 15 is 0 Å². The number of nitrogens with two attached hydrogens (primary N) is 1. The molecular formula is C15H21N3S. The Bertz CT molecular complexity index is 548. The number of rotatable bonds is 5. The van der Waals surface area contributed by atoms with Gasteiger partial charge in [-0.25, -0.2) is 4.98 Å². The molecule has 19 heavy (non-hydrogen) atoms. The molecule has 1 aromatic heterocycles. The van der Waals surface area contributed by atoms with Gasteiger partial charge in [0.15, 0.2) is 0 Å². The van der Waals surface area contributed by atoms with Crippen molar-refractivity contribution in [3.63, 3.8) is 0 Å². The molecule has 0 saturated carbocycles. The minimum atomic E-state index is 0.608. The van der Waals surface area contributed by atoms with E-state index in [1.54, 1.807) is 11.3 Å². The van der Waals surface area contributed by atoms with Crippen molar-refractivity contribution in [1.29, 1.82) is 0 Å². The first kappa shape index (κ1) is 14.2. The molecule has 2 aromatic rings. The lowest BCUT2D eigenvalue weighted by molar-refractivity contribution is 0.320. The summed E-state index contributed by atoms with van der Waals surface area (Å²) in [4.78, 5) is 7.97. The first-order chi connectivity index (χ1) is 9.10. The summed E-state index contributed by atoms with van der Waals surface area (Å²) in [6, 6.07) is 6.49. The summed E-state index contributed by atoms with van der Waals surface area (Å²) in [6.45, 7) is 6.74. The lowest BCUT2D eigenvalue weighted by Gasteiger charge is -2.18. The first-order valence-electron chi connectivity index (χ1n) is 6.46. The third kappa shape index (κ3) is 3.62. The van der Waals surface area contributed by atoms with Crippen molar-refractivity contribution in [2.24, 2.45) is 5.73 Å². The van der Waals surface area contributed by atoms with E-state index in [0.717, 1.165) is 18.8 Å². The number of nitrogens with zero attached hydrogens (tertiary/aromatic N) is 2. The van der Waals surface area contributed by atoms with Gasteiger partial charge in [0.2, 0.25) is 0 Å². The van der Waals surface area contributed by atoms with Crippen LogP contribution in [-0.2, 0) is 19.6 Å². The maximum absolute atomic E-state index is 5.66. The predicted octanol–water partition coefficient (Wildman–Crippen LogP) is 2.85. The molecule has 102 valence electrons. The van der Waals surface area contributed by atoms with Gasteiger partial charge in [0, 0.05) is 24.5 Å². The Morgan fingerprint density at radius 1 is 1.26 bits per heavy atom. The summed E-state index contributed by atoms with van der Waals surface area (Å²) in [7, 11) is 2.15. The van der Waals surface area contributed by atoms with E-state index in [4.69, 9.17) is 5.73 Å². The number of hydrogen-bond acceptors (Lipinski definition) is 4. The molecule has 0 fully saturated rings. The van der Waals surface area contributed by atoms with Crippen molar-refractivity contribution in [3.05, 3.63) is 51.0 Å². The minimum Gasteiger partial charge on any atom is -0.326 e. The average molecular weight is 275 g/mol. The van der Waals surface area contributed by atoms with E-state index in [0.29, 0.717) is 6.54 Å². The van der Waals surface area contributed by atoms with Gasteiger partial charge in [0.05, 0.1) is 11.2 Å². The van der Waals surface area contributed by atoms with Crippen LogP contribution in [0, 0.1) is 13.8 Å². The quantitative estimate of drug-likeness (QED) is 0.912. The fourth-order valence-corrected chi connectivity index (χ4v) is 2.99. The van der Waals surface area contributed by atoms with Crippen LogP contribution >= 0.6 is 11.3 Å². The molecule has 0 aliphatic carbocycles. The molecular weight excluding hydrogens is 254 g/mol. The molecule has 1 aromatic carbocycles. The van der Waals surface area contributed by atoms with Crippen molar-refractivity contribution >= 4 is 11.3 Å². The largest absolute Gasteiger partial charge is 0.326 e. The Kier molecular flexibility index (Phi) is 4.69. The van der Waals surface area contributed by atoms with Crippen LogP contribution in [0.2, 0.25) is 0 Å². The molecule has 0 saturated heterocycles. The second kappa shape index (κ2) is 6.28. The zero-order valence-electron chi connectivity index (χ0n) is 11.8. The van der Waals surface area contributed by atoms with Crippen molar-refractivity contribution < 1.29 is 0 Å². The lowest BCUT2D eigenvalue weighted by Crippen LogP contribution is -2.17. The van der Waals surface area contributed by atoms with Gasteiger partial charge in [-0.1, -0.05) is 18.2 Å². The van der Waals surface area contributed by atoms with Crippen molar-refractivity contribution in [2.75, 3.05) is 7.05 Å². The number of benzene rings is 1. The van der Waals surface area contributed by atoms with E-state index in [9.17, 15) is 0 Å². The molecule has 0 radical (unpaired) electrons. The van der Waals surface area contributed by atoms with Gasteiger partial charge in [-0.2, -0.15) is 0 Å². The van der Waals surface area contributed by atoms with Gasteiger partial charge < -0.3 is 5.73 Å². The van der Waals surface area contributed by atoms with E-state index < -0.39 is 0 Å². The highest BCUT2D eigenvalue weighted by atomic mass is 32.1. The van der Waals surface area contributed by atoms with Crippen LogP contribution in [0.15, 0.2) is 23.7 Å². The molecule has 0 amide bonds. The summed E-state index contributed by atoms with van der Waals surface area (Å²) in [5.41, 5.74) is 12.6. The molecule has 3 nitrogen and oxygen atoms in total. The second-order valence-corrected chi connectivity index (χ2v) is 5.94. The normalized spacial score (nSPS) is 11.2. The van der Waals surface area contributed by atoms with E-state index in [1.807, 2.05) is 5.51 Å². The smallest absolute Gasteiger partial charge is 0.0798 e. The number of thiazole rings is 1. The first-order valence-corrected chi connectivity index (χ1v) is 7.34. The van der Waals surface area contributed by atoms with E-state index in [-0.39, 0.29) is 0 Å². The van der Waals surface area contributed by atoms with Crippen LogP contribution in [0.5, 0.6) is 0 Å². The fraction of sp³-hybridized carbons (Fsp3) is 0.400. The Morgan fingerprint density at radius 3 is 2.63 bits per heavy atom. The maximum atomic E-state index is 5.66. The average Bonchev–Trinajstić information content (AvgIpc) is 2.77. The van der Waals surface area contributed by atoms with Gasteiger partial charge in [0.25, 0.3) is 0 Å². The highest BCUT2D eigenvalue weighted by Gasteiger charge is 2.08. The number of aryl methyl sites for hydroxylation is 2. The third-order valence-corrected chi connectivity index (χ3v) is 4.26. The van der Waals surface area contributed by atoms with Crippen molar-refractivity contribution in [2.45, 2.75) is 33.5 Å². The molecule has 2 rings (SSSR count). The minimum absolute atomic E-state index is 0.608. The van der Waals surface area contributed by atoms with Crippen molar-refractivity contribution in [1.82, 2.24) is 9.88 Å². The van der Waals surface area contributed by atoms with Crippen LogP contribution in [0.25, 0.3) is 0 Å². The number of hydrogen-bond donors (Lipinski definition) is 1. The van der Waals surface area contributed by atoms with Crippen LogP contribution in [0.3, 0.4) is 0 Å². The highest BCUT2D eigenvalue weighted by molar-refractivity contribution is 7.09. The molecule has 1 heterocycles. The van der Waals surface area contributed by atoms with Gasteiger partial charge >= 0.3 is 0 Å². The Labute approximate surface area is 119 Å². The second-order valence-electron chi connectivity index (χ2n) is 5.00. The Hall–Kier alpha value is -1.23. The summed E-state index contributed by atoms with van der Waals surface area (Å²) >= 11 is 1.73. The summed E-state index contributed by atoms with van der Waals surface area (Å²) in [6.07, 6.45) is 0. The third-order valence-electron chi connectivity index (χ3n) is 3.34. The predicted molar refractivity (Wildman–Crippen MR) is 81.1 cm³/mol. The monoisotopic (exact) mass is 275 g/mol. The molecule has 0 spiro atoms. The standard InChI is InChI=1S/C15H21N3S/c1-11-6-13(7-16)4-5-14(11)8-18(3)9-15-12(2)17-10-19-15/h4-6,10H,7-9,16H2,1-3H3. The fourth-order valence-electron chi connectivity index (χ4n) is 2.13. The molecule has 2 N–H and O–H groups in total. The molecule has 0 bridgehead atoms. The van der Waals surface area contributed by atoms with Crippen LogP contribution < -0.4 is 5.73 Å². The summed E-state index contributed by atoms with van der Waals surface area (Å²) in [5, 5.41) is 0. The highest BCUT2D eigenvalue weighted by Crippen LogP contribution is 2.17. The van der Waals surface area contributed by atoms with Gasteiger partial charge in [-0.15, -0.1) is 11.3 Å². The van der Waals surface area contributed by atoms with Crippen LogP contribution in [0.1, 0.15) is 27.3 Å². The zero-order valence-corrected chi connectivity index (χ0v) is 12.6. The van der Waals surface area contributed by atoms with Crippen molar-refractivity contribution in [3.8, 4) is 0 Å². The summed E-state index contributed by atoms with van der Waals surface area (Å²) < 4.78 is 0. The molecule has 0 atom stereocenters. The Balaban J connectivity index is 2.03. The van der Waals surface area contributed by atoms with Crippen LogP contribution in [-0.4, -0.2) is 16.9 Å². The Morgan fingerprint density at radius 2 is 2.05 bits per heavy atom. The van der Waals surface area contributed by atoms with Gasteiger partial charge in [0.1, 0.15) is 0 Å². The number of aromatic nitrogens is 1. The zero-order chi connectivity index (χ0) is 13.8. The molecule has 4 heteroatoms. The molecule has 0 unspecified atom stereocenters. The lowest BCUT2D eigenvalue weighted by atomic mass is 10.0. The van der Waals surface area contributed by atoms with E-state index in [2.05, 4.69) is 49.0 Å². The summed E-state index contributed by atoms with van der Waals surface area (Å²) in [5.74, 6) is 0. The maximum Gasteiger partial charge on any atom is 0.0798 e. The SMILES string of the molecule is Cc1cc(CN)ccc1CN(C)Cc1scnc1C. The van der Waals surface area contributed by atoms with Gasteiger partial charge in [-0.05, 0) is 37.6 Å². The van der Waals surface area contributed by atoms with Gasteiger partial charge in [-0.3, -0.25) is 4.90 Å². The molecule has 0 aliphatic heterocycles. The van der Waals surface area contributed by atoms with Crippen LogP contribution in [0.4, 0.5) is 0 Å². The topological polar surface area (TPSA) is 42.1 Å². The molecule has 0 aliphatic rings. The van der Waals surface area contributed by atoms with E-state index in [1.165, 1.54) is 21.6 Å².